The fourth-order valence-electron chi connectivity index (χ4n) is 2.46. The number of thiophene rings is 1. The third kappa shape index (κ3) is 4.21. The molecule has 0 saturated carbocycles. The molecular weight excluding hydrogens is 338 g/mol. The maximum atomic E-state index is 12.5. The normalized spacial score (nSPS) is 11.9. The van der Waals surface area contributed by atoms with Crippen molar-refractivity contribution in [3.63, 3.8) is 0 Å². The van der Waals surface area contributed by atoms with E-state index in [1.807, 2.05) is 42.6 Å². The van der Waals surface area contributed by atoms with Gasteiger partial charge >= 0.3 is 0 Å². The zero-order valence-corrected chi connectivity index (χ0v) is 14.9. The van der Waals surface area contributed by atoms with Gasteiger partial charge < -0.3 is 10.1 Å². The average Bonchev–Trinajstić information content (AvgIpc) is 3.31. The molecule has 3 aromatic rings. The van der Waals surface area contributed by atoms with Crippen LogP contribution in [0.2, 0.25) is 0 Å². The molecule has 7 nitrogen and oxygen atoms in total. The number of ether oxygens (including phenoxy) is 1. The van der Waals surface area contributed by atoms with Gasteiger partial charge in [0.15, 0.2) is 0 Å². The summed E-state index contributed by atoms with van der Waals surface area (Å²) in [5, 5.41) is 16.0. The number of aryl methyl sites for hydroxylation is 1. The van der Waals surface area contributed by atoms with Crippen molar-refractivity contribution in [2.45, 2.75) is 25.8 Å². The van der Waals surface area contributed by atoms with E-state index in [9.17, 15) is 4.79 Å². The standard InChI is InChI=1S/C17H19N5O2S/c1-12(3-4-13-5-7-14(24-2)8-6-13)19-17(23)16-15(9-10-25-16)22-11-18-20-21-22/h5-12H,3-4H2,1-2H3,(H,19,23)/t12-/m0/s1. The van der Waals surface area contributed by atoms with Gasteiger partial charge in [-0.2, -0.15) is 4.68 Å². The summed E-state index contributed by atoms with van der Waals surface area (Å²) in [6.45, 7) is 2.01. The number of nitrogens with one attached hydrogen (secondary N) is 1. The van der Waals surface area contributed by atoms with Crippen LogP contribution in [-0.4, -0.2) is 39.3 Å². The second kappa shape index (κ2) is 7.89. The van der Waals surface area contributed by atoms with Crippen molar-refractivity contribution in [1.29, 1.82) is 0 Å². The van der Waals surface area contributed by atoms with Crippen LogP contribution >= 0.6 is 11.3 Å². The van der Waals surface area contributed by atoms with E-state index < -0.39 is 0 Å². The number of amides is 1. The van der Waals surface area contributed by atoms with Gasteiger partial charge in [0, 0.05) is 6.04 Å². The van der Waals surface area contributed by atoms with Crippen molar-refractivity contribution < 1.29 is 9.53 Å². The maximum absolute atomic E-state index is 12.5. The number of nitrogens with zero attached hydrogens (tertiary/aromatic N) is 4. The fraction of sp³-hybridized carbons (Fsp3) is 0.294. The Morgan fingerprint density at radius 2 is 2.12 bits per heavy atom. The van der Waals surface area contributed by atoms with Crippen molar-refractivity contribution in [3.8, 4) is 11.4 Å². The van der Waals surface area contributed by atoms with Crippen LogP contribution in [0.15, 0.2) is 42.0 Å². The SMILES string of the molecule is COc1ccc(CC[C@H](C)NC(=O)c2sccc2-n2cnnn2)cc1. The molecule has 0 unspecified atom stereocenters. The molecule has 3 rings (SSSR count). The molecule has 1 N–H and O–H groups in total. The molecule has 0 aliphatic carbocycles. The highest BCUT2D eigenvalue weighted by molar-refractivity contribution is 7.12. The Bertz CT molecular complexity index is 814. The molecule has 25 heavy (non-hydrogen) atoms. The lowest BCUT2D eigenvalue weighted by atomic mass is 10.1. The highest BCUT2D eigenvalue weighted by atomic mass is 32.1. The van der Waals surface area contributed by atoms with Crippen molar-refractivity contribution in [2.75, 3.05) is 7.11 Å². The number of hydrogen-bond acceptors (Lipinski definition) is 6. The molecule has 0 radical (unpaired) electrons. The summed E-state index contributed by atoms with van der Waals surface area (Å²) in [5.41, 5.74) is 1.90. The van der Waals surface area contributed by atoms with Crippen LogP contribution in [0.1, 0.15) is 28.6 Å². The summed E-state index contributed by atoms with van der Waals surface area (Å²) in [7, 11) is 1.65. The lowest BCUT2D eigenvalue weighted by Gasteiger charge is -2.14. The molecule has 0 bridgehead atoms. The van der Waals surface area contributed by atoms with Crippen molar-refractivity contribution in [2.24, 2.45) is 0 Å². The summed E-state index contributed by atoms with van der Waals surface area (Å²) in [6, 6.07) is 9.87. The molecule has 2 aromatic heterocycles. The minimum absolute atomic E-state index is 0.0541. The highest BCUT2D eigenvalue weighted by Crippen LogP contribution is 2.20. The number of rotatable bonds is 7. The van der Waals surface area contributed by atoms with Crippen LogP contribution < -0.4 is 10.1 Å². The summed E-state index contributed by atoms with van der Waals surface area (Å²) in [4.78, 5) is 13.1. The smallest absolute Gasteiger partial charge is 0.263 e. The Kier molecular flexibility index (Phi) is 5.39. The van der Waals surface area contributed by atoms with Gasteiger partial charge in [0.05, 0.1) is 12.8 Å². The molecule has 0 spiro atoms. The topological polar surface area (TPSA) is 81.9 Å². The molecular formula is C17H19N5O2S. The molecule has 1 aromatic carbocycles. The zero-order valence-electron chi connectivity index (χ0n) is 14.0. The Hall–Kier alpha value is -2.74. The lowest BCUT2D eigenvalue weighted by Crippen LogP contribution is -2.33. The number of carbonyl (C=O) groups excluding carboxylic acids is 1. The van der Waals surface area contributed by atoms with E-state index in [1.165, 1.54) is 27.9 Å². The van der Waals surface area contributed by atoms with E-state index in [0.717, 1.165) is 18.6 Å². The van der Waals surface area contributed by atoms with Crippen LogP contribution in [0.5, 0.6) is 5.75 Å². The van der Waals surface area contributed by atoms with Crippen LogP contribution in [0.3, 0.4) is 0 Å². The molecule has 0 saturated heterocycles. The Morgan fingerprint density at radius 1 is 1.32 bits per heavy atom. The largest absolute Gasteiger partial charge is 0.497 e. The third-order valence-electron chi connectivity index (χ3n) is 3.85. The molecule has 130 valence electrons. The number of carbonyl (C=O) groups is 1. The summed E-state index contributed by atoms with van der Waals surface area (Å²) in [5.74, 6) is 0.737. The lowest BCUT2D eigenvalue weighted by molar-refractivity contribution is 0.0942. The minimum atomic E-state index is -0.109. The van der Waals surface area contributed by atoms with Gasteiger partial charge in [-0.25, -0.2) is 0 Å². The van der Waals surface area contributed by atoms with Gasteiger partial charge in [-0.3, -0.25) is 4.79 Å². The van der Waals surface area contributed by atoms with Crippen LogP contribution in [0.25, 0.3) is 5.69 Å². The molecule has 1 amide bonds. The average molecular weight is 357 g/mol. The van der Waals surface area contributed by atoms with Crippen molar-refractivity contribution in [3.05, 3.63) is 52.5 Å². The second-order valence-electron chi connectivity index (χ2n) is 5.65. The molecule has 0 fully saturated rings. The summed E-state index contributed by atoms with van der Waals surface area (Å²) < 4.78 is 6.65. The van der Waals surface area contributed by atoms with E-state index >= 15 is 0 Å². The first-order valence-corrected chi connectivity index (χ1v) is 8.80. The quantitative estimate of drug-likeness (QED) is 0.702. The van der Waals surface area contributed by atoms with Crippen LogP contribution in [-0.2, 0) is 6.42 Å². The predicted molar refractivity (Wildman–Crippen MR) is 95.3 cm³/mol. The van der Waals surface area contributed by atoms with Gasteiger partial charge in [-0.1, -0.05) is 12.1 Å². The summed E-state index contributed by atoms with van der Waals surface area (Å²) >= 11 is 1.37. The maximum Gasteiger partial charge on any atom is 0.263 e. The first-order chi connectivity index (χ1) is 12.2. The summed E-state index contributed by atoms with van der Waals surface area (Å²) in [6.07, 6.45) is 3.21. The number of methoxy groups -OCH3 is 1. The Labute approximate surface area is 149 Å². The van der Waals surface area contributed by atoms with E-state index in [-0.39, 0.29) is 11.9 Å². The number of aromatic nitrogens is 4. The van der Waals surface area contributed by atoms with Gasteiger partial charge in [-0.15, -0.1) is 16.4 Å². The van der Waals surface area contributed by atoms with Crippen LogP contribution in [0.4, 0.5) is 0 Å². The molecule has 1 atom stereocenters. The predicted octanol–water partition coefficient (Wildman–Crippen LogP) is 2.48. The van der Waals surface area contributed by atoms with Crippen molar-refractivity contribution >= 4 is 17.2 Å². The van der Waals surface area contributed by atoms with Gasteiger partial charge in [-0.05, 0) is 59.3 Å². The monoisotopic (exact) mass is 357 g/mol. The number of hydrogen-bond donors (Lipinski definition) is 1. The van der Waals surface area contributed by atoms with Gasteiger partial charge in [0.25, 0.3) is 5.91 Å². The first kappa shape index (κ1) is 17.1. The highest BCUT2D eigenvalue weighted by Gasteiger charge is 2.17. The van der Waals surface area contributed by atoms with E-state index in [4.69, 9.17) is 4.74 Å². The molecule has 0 aliphatic rings. The van der Waals surface area contributed by atoms with E-state index in [2.05, 4.69) is 20.8 Å². The van der Waals surface area contributed by atoms with Crippen molar-refractivity contribution in [1.82, 2.24) is 25.5 Å². The molecule has 8 heteroatoms. The minimum Gasteiger partial charge on any atom is -0.497 e. The van der Waals surface area contributed by atoms with Gasteiger partial charge in [0.2, 0.25) is 0 Å². The van der Waals surface area contributed by atoms with Gasteiger partial charge in [0.1, 0.15) is 17.0 Å². The van der Waals surface area contributed by atoms with E-state index in [1.54, 1.807) is 7.11 Å². The zero-order chi connectivity index (χ0) is 17.6. The van der Waals surface area contributed by atoms with E-state index in [0.29, 0.717) is 10.6 Å². The number of tetrazole rings is 1. The third-order valence-corrected chi connectivity index (χ3v) is 4.75. The fourth-order valence-corrected chi connectivity index (χ4v) is 3.24. The Balaban J connectivity index is 1.57. The Morgan fingerprint density at radius 3 is 2.80 bits per heavy atom. The van der Waals surface area contributed by atoms with Crippen LogP contribution in [0, 0.1) is 0 Å². The molecule has 2 heterocycles. The molecule has 0 aliphatic heterocycles. The first-order valence-electron chi connectivity index (χ1n) is 7.92. The second-order valence-corrected chi connectivity index (χ2v) is 6.57. The number of benzene rings is 1.